The Bertz CT molecular complexity index is 789. The number of thiophene rings is 1. The van der Waals surface area contributed by atoms with Gasteiger partial charge in [0.05, 0.1) is 0 Å². The summed E-state index contributed by atoms with van der Waals surface area (Å²) >= 11 is 1.19. The van der Waals surface area contributed by atoms with E-state index in [0.29, 0.717) is 5.69 Å². The lowest BCUT2D eigenvalue weighted by molar-refractivity contribution is -0.128. The summed E-state index contributed by atoms with van der Waals surface area (Å²) in [5, 5.41) is 15.3. The van der Waals surface area contributed by atoms with Gasteiger partial charge in [0.15, 0.2) is 0 Å². The highest BCUT2D eigenvalue weighted by Gasteiger charge is 2.20. The monoisotopic (exact) mass is 348 g/mol. The summed E-state index contributed by atoms with van der Waals surface area (Å²) < 4.78 is 0.850. The number of carbonyl (C=O) groups excluding carboxylic acids is 2. The van der Waals surface area contributed by atoms with E-state index >= 15 is 0 Å². The second-order valence-electron chi connectivity index (χ2n) is 6.47. The lowest BCUT2D eigenvalue weighted by Gasteiger charge is -2.17. The second kappa shape index (κ2) is 7.00. The van der Waals surface area contributed by atoms with Gasteiger partial charge in [-0.2, -0.15) is 0 Å². The molecule has 0 saturated carbocycles. The van der Waals surface area contributed by atoms with Gasteiger partial charge >= 0.3 is 5.97 Å². The van der Waals surface area contributed by atoms with E-state index in [4.69, 9.17) is 5.11 Å². The molecule has 6 nitrogen and oxygen atoms in total. The van der Waals surface area contributed by atoms with Crippen LogP contribution in [-0.4, -0.2) is 29.4 Å². The van der Waals surface area contributed by atoms with Gasteiger partial charge in [0, 0.05) is 28.8 Å². The molecule has 1 aromatic carbocycles. The van der Waals surface area contributed by atoms with E-state index in [1.54, 1.807) is 24.3 Å². The van der Waals surface area contributed by atoms with Crippen LogP contribution in [0.3, 0.4) is 0 Å². The first-order valence-corrected chi connectivity index (χ1v) is 8.33. The van der Waals surface area contributed by atoms with Crippen LogP contribution in [0.4, 0.5) is 5.69 Å². The topological polar surface area (TPSA) is 95.5 Å². The highest BCUT2D eigenvalue weighted by atomic mass is 32.1. The molecule has 0 atom stereocenters. The molecule has 128 valence electrons. The van der Waals surface area contributed by atoms with Gasteiger partial charge in [-0.25, -0.2) is 4.79 Å². The van der Waals surface area contributed by atoms with Gasteiger partial charge in [0.2, 0.25) is 11.8 Å². The van der Waals surface area contributed by atoms with E-state index in [1.165, 1.54) is 11.3 Å². The summed E-state index contributed by atoms with van der Waals surface area (Å²) in [6.45, 7) is 5.70. The zero-order valence-corrected chi connectivity index (χ0v) is 14.6. The molecular formula is C17H20N2O4S. The van der Waals surface area contributed by atoms with E-state index in [-0.39, 0.29) is 29.7 Å². The number of carbonyl (C=O) groups is 3. The van der Waals surface area contributed by atoms with E-state index in [2.05, 4.69) is 10.6 Å². The normalized spacial score (nSPS) is 11.3. The molecule has 1 aromatic heterocycles. The zero-order valence-electron chi connectivity index (χ0n) is 13.8. The quantitative estimate of drug-likeness (QED) is 0.774. The first-order chi connectivity index (χ1) is 11.2. The first-order valence-electron chi connectivity index (χ1n) is 7.52. The van der Waals surface area contributed by atoms with Gasteiger partial charge in [-0.3, -0.25) is 9.59 Å². The molecule has 0 saturated heterocycles. The maximum Gasteiger partial charge on any atom is 0.345 e. The number of carboxylic acid groups (broad SMARTS) is 1. The van der Waals surface area contributed by atoms with Gasteiger partial charge in [0.1, 0.15) is 4.88 Å². The Labute approximate surface area is 143 Å². The molecule has 3 N–H and O–H groups in total. The molecule has 0 aliphatic rings. The van der Waals surface area contributed by atoms with Crippen molar-refractivity contribution in [2.24, 2.45) is 5.41 Å². The predicted molar refractivity (Wildman–Crippen MR) is 94.5 cm³/mol. The first kappa shape index (κ1) is 17.9. The Morgan fingerprint density at radius 2 is 1.88 bits per heavy atom. The number of carboxylic acids is 1. The summed E-state index contributed by atoms with van der Waals surface area (Å²) in [7, 11) is 0. The van der Waals surface area contributed by atoms with Crippen LogP contribution < -0.4 is 10.6 Å². The average molecular weight is 348 g/mol. The average Bonchev–Trinajstić information content (AvgIpc) is 2.89. The third-order valence-electron chi connectivity index (χ3n) is 3.33. The van der Waals surface area contributed by atoms with Crippen LogP contribution in [0.25, 0.3) is 10.1 Å². The van der Waals surface area contributed by atoms with Crippen LogP contribution in [0.1, 0.15) is 36.9 Å². The van der Waals surface area contributed by atoms with E-state index in [0.717, 1.165) is 10.1 Å². The number of aromatic carboxylic acids is 1. The highest BCUT2D eigenvalue weighted by molar-refractivity contribution is 7.20. The Morgan fingerprint density at radius 3 is 2.50 bits per heavy atom. The van der Waals surface area contributed by atoms with Crippen molar-refractivity contribution in [3.63, 3.8) is 0 Å². The Hall–Kier alpha value is -2.41. The zero-order chi connectivity index (χ0) is 17.9. The summed E-state index contributed by atoms with van der Waals surface area (Å²) in [6, 6.07) is 6.84. The third kappa shape index (κ3) is 4.55. The number of fused-ring (bicyclic) bond motifs is 1. The molecule has 0 aliphatic carbocycles. The Morgan fingerprint density at radius 1 is 1.17 bits per heavy atom. The number of nitrogens with one attached hydrogen (secondary N) is 2. The van der Waals surface area contributed by atoms with Gasteiger partial charge in [-0.1, -0.05) is 20.8 Å². The van der Waals surface area contributed by atoms with Crippen LogP contribution in [0.2, 0.25) is 0 Å². The van der Waals surface area contributed by atoms with Crippen molar-refractivity contribution in [3.05, 3.63) is 29.1 Å². The maximum absolute atomic E-state index is 11.9. The van der Waals surface area contributed by atoms with E-state index in [9.17, 15) is 14.4 Å². The molecule has 0 unspecified atom stereocenters. The van der Waals surface area contributed by atoms with Crippen molar-refractivity contribution >= 4 is 44.9 Å². The van der Waals surface area contributed by atoms with Gasteiger partial charge < -0.3 is 15.7 Å². The molecule has 7 heteroatoms. The molecule has 0 radical (unpaired) electrons. The third-order valence-corrected chi connectivity index (χ3v) is 4.43. The minimum Gasteiger partial charge on any atom is -0.477 e. The molecule has 2 rings (SSSR count). The number of rotatable bonds is 5. The van der Waals surface area contributed by atoms with Crippen LogP contribution in [0.5, 0.6) is 0 Å². The molecule has 2 aromatic rings. The van der Waals surface area contributed by atoms with Crippen LogP contribution in [-0.2, 0) is 9.59 Å². The summed E-state index contributed by atoms with van der Waals surface area (Å²) in [5.41, 5.74) is 0.117. The smallest absolute Gasteiger partial charge is 0.345 e. The standard InChI is InChI=1S/C17H20N2O4S/c1-17(2,3)16(23)18-7-6-14(20)19-11-4-5-12-10(8-11)9-13(24-12)15(21)22/h4-5,8-9H,6-7H2,1-3H3,(H,18,23)(H,19,20)(H,21,22). The van der Waals surface area contributed by atoms with Crippen molar-refractivity contribution in [2.45, 2.75) is 27.2 Å². The van der Waals surface area contributed by atoms with Crippen LogP contribution >= 0.6 is 11.3 Å². The maximum atomic E-state index is 11.9. The Kier molecular flexibility index (Phi) is 5.23. The molecular weight excluding hydrogens is 328 g/mol. The molecule has 0 spiro atoms. The molecule has 2 amide bonds. The fourth-order valence-electron chi connectivity index (χ4n) is 2.00. The molecule has 0 fully saturated rings. The number of hydrogen-bond acceptors (Lipinski definition) is 4. The number of hydrogen-bond donors (Lipinski definition) is 3. The van der Waals surface area contributed by atoms with Gasteiger partial charge in [-0.15, -0.1) is 11.3 Å². The van der Waals surface area contributed by atoms with Gasteiger partial charge in [-0.05, 0) is 29.7 Å². The van der Waals surface area contributed by atoms with Crippen LogP contribution in [0.15, 0.2) is 24.3 Å². The fraction of sp³-hybridized carbons (Fsp3) is 0.353. The molecule has 0 bridgehead atoms. The minimum atomic E-state index is -0.962. The van der Waals surface area contributed by atoms with Gasteiger partial charge in [0.25, 0.3) is 0 Å². The predicted octanol–water partition coefficient (Wildman–Crippen LogP) is 3.09. The van der Waals surface area contributed by atoms with Crippen molar-refractivity contribution in [1.82, 2.24) is 5.32 Å². The summed E-state index contributed by atoms with van der Waals surface area (Å²) in [5.74, 6) is -1.27. The number of anilines is 1. The SMILES string of the molecule is CC(C)(C)C(=O)NCCC(=O)Nc1ccc2sc(C(=O)O)cc2c1. The van der Waals surface area contributed by atoms with Crippen molar-refractivity contribution in [1.29, 1.82) is 0 Å². The second-order valence-corrected chi connectivity index (χ2v) is 7.56. The van der Waals surface area contributed by atoms with E-state index in [1.807, 2.05) is 20.8 Å². The lowest BCUT2D eigenvalue weighted by atomic mass is 9.96. The van der Waals surface area contributed by atoms with E-state index < -0.39 is 11.4 Å². The fourth-order valence-corrected chi connectivity index (χ4v) is 2.89. The summed E-state index contributed by atoms with van der Waals surface area (Å²) in [4.78, 5) is 34.9. The lowest BCUT2D eigenvalue weighted by Crippen LogP contribution is -2.36. The number of amides is 2. The number of benzene rings is 1. The molecule has 1 heterocycles. The van der Waals surface area contributed by atoms with Crippen molar-refractivity contribution < 1.29 is 19.5 Å². The highest BCUT2D eigenvalue weighted by Crippen LogP contribution is 2.28. The van der Waals surface area contributed by atoms with Crippen LogP contribution in [0, 0.1) is 5.41 Å². The Balaban J connectivity index is 1.93. The summed E-state index contributed by atoms with van der Waals surface area (Å²) in [6.07, 6.45) is 0.171. The largest absolute Gasteiger partial charge is 0.477 e. The van der Waals surface area contributed by atoms with Crippen molar-refractivity contribution in [2.75, 3.05) is 11.9 Å². The molecule has 0 aliphatic heterocycles. The molecule has 24 heavy (non-hydrogen) atoms. The minimum absolute atomic E-state index is 0.101. The van der Waals surface area contributed by atoms with Crippen molar-refractivity contribution in [3.8, 4) is 0 Å².